The summed E-state index contributed by atoms with van der Waals surface area (Å²) in [5.74, 6) is -0.915. The molecule has 0 bridgehead atoms. The van der Waals surface area contributed by atoms with Gasteiger partial charge < -0.3 is 14.4 Å². The third kappa shape index (κ3) is 4.13. The van der Waals surface area contributed by atoms with E-state index in [4.69, 9.17) is 4.74 Å². The maximum absolute atomic E-state index is 13.1. The number of halogens is 4. The first-order valence-electron chi connectivity index (χ1n) is 7.07. The topological polar surface area (TPSA) is 38.8 Å². The minimum Gasteiger partial charge on any atom is -0.427 e. The summed E-state index contributed by atoms with van der Waals surface area (Å²) in [6, 6.07) is 5.16. The monoisotopic (exact) mass is 335 g/mol. The van der Waals surface area contributed by atoms with Gasteiger partial charge in [0.1, 0.15) is 5.75 Å². The fourth-order valence-corrected chi connectivity index (χ4v) is 2.48. The maximum Gasteiger partial charge on any atom is 0.461 e. The number of benzene rings is 1. The molecule has 1 atom stereocenters. The van der Waals surface area contributed by atoms with Gasteiger partial charge in [0, 0.05) is 26.1 Å². The lowest BCUT2D eigenvalue weighted by Crippen LogP contribution is -2.35. The van der Waals surface area contributed by atoms with Crippen LogP contribution in [-0.2, 0) is 4.74 Å². The number of ether oxygens (including phenoxy) is 2. The van der Waals surface area contributed by atoms with Crippen LogP contribution in [0.25, 0.3) is 0 Å². The van der Waals surface area contributed by atoms with Crippen molar-refractivity contribution < 1.29 is 31.8 Å². The molecule has 1 aliphatic heterocycles. The van der Waals surface area contributed by atoms with Crippen molar-refractivity contribution in [2.45, 2.75) is 19.0 Å². The molecule has 0 N–H and O–H groups in total. The Morgan fingerprint density at radius 2 is 2.09 bits per heavy atom. The van der Waals surface area contributed by atoms with Crippen molar-refractivity contribution in [3.8, 4) is 5.75 Å². The van der Waals surface area contributed by atoms with Crippen LogP contribution < -0.4 is 4.74 Å². The molecular formula is C15H17F4NO3. The van der Waals surface area contributed by atoms with Gasteiger partial charge in [0.05, 0.1) is 12.2 Å². The quantitative estimate of drug-likeness (QED) is 0.750. The van der Waals surface area contributed by atoms with Gasteiger partial charge in [-0.2, -0.15) is 17.6 Å². The van der Waals surface area contributed by atoms with Crippen molar-refractivity contribution in [3.05, 3.63) is 29.8 Å². The lowest BCUT2D eigenvalue weighted by Gasteiger charge is -2.21. The number of hydrogen-bond donors (Lipinski definition) is 0. The maximum atomic E-state index is 13.1. The molecule has 4 nitrogen and oxygen atoms in total. The number of para-hydroxylation sites is 1. The predicted molar refractivity (Wildman–Crippen MR) is 73.9 cm³/mol. The molecule has 23 heavy (non-hydrogen) atoms. The number of likely N-dealkylation sites (tertiary alicyclic amines) is 1. The van der Waals surface area contributed by atoms with Gasteiger partial charge in [0.2, 0.25) is 0 Å². The van der Waals surface area contributed by atoms with Crippen LogP contribution in [0.2, 0.25) is 0 Å². The SMILES string of the molecule is COC[C@H]1CCN(C(=O)c2ccccc2OC(F)(F)C(F)F)C1. The van der Waals surface area contributed by atoms with E-state index in [1.165, 1.54) is 23.1 Å². The zero-order valence-electron chi connectivity index (χ0n) is 12.5. The Balaban J connectivity index is 2.15. The Bertz CT molecular complexity index is 553. The van der Waals surface area contributed by atoms with E-state index >= 15 is 0 Å². The van der Waals surface area contributed by atoms with Gasteiger partial charge in [-0.15, -0.1) is 0 Å². The summed E-state index contributed by atoms with van der Waals surface area (Å²) in [6.45, 7) is 1.37. The van der Waals surface area contributed by atoms with Gasteiger partial charge >= 0.3 is 12.5 Å². The molecule has 8 heteroatoms. The molecule has 1 amide bonds. The average Bonchev–Trinajstić information content (AvgIpc) is 2.95. The van der Waals surface area contributed by atoms with E-state index < -0.39 is 24.2 Å². The summed E-state index contributed by atoms with van der Waals surface area (Å²) in [5, 5.41) is 0. The second kappa shape index (κ2) is 7.16. The van der Waals surface area contributed by atoms with Gasteiger partial charge in [0.25, 0.3) is 5.91 Å². The number of carbonyl (C=O) groups excluding carboxylic acids is 1. The van der Waals surface area contributed by atoms with E-state index in [0.29, 0.717) is 19.7 Å². The molecule has 0 aliphatic carbocycles. The molecule has 1 fully saturated rings. The lowest BCUT2D eigenvalue weighted by molar-refractivity contribution is -0.253. The molecular weight excluding hydrogens is 318 g/mol. The Morgan fingerprint density at radius 3 is 2.74 bits per heavy atom. The highest BCUT2D eigenvalue weighted by atomic mass is 19.3. The molecule has 1 heterocycles. The van der Waals surface area contributed by atoms with Crippen LogP contribution in [0.4, 0.5) is 17.6 Å². The molecule has 0 aromatic heterocycles. The van der Waals surface area contributed by atoms with Gasteiger partial charge in [-0.3, -0.25) is 4.79 Å². The molecule has 0 saturated carbocycles. The van der Waals surface area contributed by atoms with E-state index in [0.717, 1.165) is 12.5 Å². The van der Waals surface area contributed by atoms with Crippen molar-refractivity contribution in [1.82, 2.24) is 4.90 Å². The number of methoxy groups -OCH3 is 1. The predicted octanol–water partition coefficient (Wildman–Crippen LogP) is 3.03. The molecule has 1 aromatic rings. The normalized spacial score (nSPS) is 18.5. The summed E-state index contributed by atoms with van der Waals surface area (Å²) in [7, 11) is 1.56. The smallest absolute Gasteiger partial charge is 0.427 e. The highest BCUT2D eigenvalue weighted by Gasteiger charge is 2.44. The third-order valence-electron chi connectivity index (χ3n) is 3.59. The standard InChI is InChI=1S/C15H17F4NO3/c1-22-9-10-6-7-20(8-10)13(21)11-4-2-3-5-12(11)23-15(18,19)14(16)17/h2-5,10,14H,6-9H2,1H3/t10-/m0/s1. The van der Waals surface area contributed by atoms with Crippen LogP contribution in [0.5, 0.6) is 5.75 Å². The average molecular weight is 335 g/mol. The number of hydrogen-bond acceptors (Lipinski definition) is 3. The largest absolute Gasteiger partial charge is 0.461 e. The van der Waals surface area contributed by atoms with Gasteiger partial charge in [-0.25, -0.2) is 0 Å². The number of nitrogens with zero attached hydrogens (tertiary/aromatic N) is 1. The molecule has 2 rings (SSSR count). The van der Waals surface area contributed by atoms with E-state index in [9.17, 15) is 22.4 Å². The number of amides is 1. The Labute approximate surface area is 131 Å². The number of rotatable bonds is 6. The van der Waals surface area contributed by atoms with Gasteiger partial charge in [0.15, 0.2) is 0 Å². The number of alkyl halides is 4. The number of carbonyl (C=O) groups is 1. The van der Waals surface area contributed by atoms with Crippen LogP contribution >= 0.6 is 0 Å². The Hall–Kier alpha value is -1.83. The zero-order chi connectivity index (χ0) is 17.0. The van der Waals surface area contributed by atoms with E-state index in [1.54, 1.807) is 7.11 Å². The van der Waals surface area contributed by atoms with E-state index in [-0.39, 0.29) is 11.5 Å². The first-order chi connectivity index (χ1) is 10.8. The van der Waals surface area contributed by atoms with Crippen molar-refractivity contribution in [2.75, 3.05) is 26.8 Å². The second-order valence-corrected chi connectivity index (χ2v) is 5.32. The molecule has 0 radical (unpaired) electrons. The summed E-state index contributed by atoms with van der Waals surface area (Å²) < 4.78 is 59.9. The van der Waals surface area contributed by atoms with Crippen LogP contribution in [0.1, 0.15) is 16.8 Å². The van der Waals surface area contributed by atoms with Crippen molar-refractivity contribution in [2.24, 2.45) is 5.92 Å². The minimum absolute atomic E-state index is 0.161. The lowest BCUT2D eigenvalue weighted by atomic mass is 10.1. The van der Waals surface area contributed by atoms with Gasteiger partial charge in [-0.05, 0) is 18.6 Å². The van der Waals surface area contributed by atoms with Crippen LogP contribution in [0.3, 0.4) is 0 Å². The Morgan fingerprint density at radius 1 is 1.39 bits per heavy atom. The highest BCUT2D eigenvalue weighted by Crippen LogP contribution is 2.31. The van der Waals surface area contributed by atoms with Crippen LogP contribution in [0, 0.1) is 5.92 Å². The first-order valence-corrected chi connectivity index (χ1v) is 7.07. The fourth-order valence-electron chi connectivity index (χ4n) is 2.48. The first kappa shape index (κ1) is 17.5. The molecule has 1 aromatic carbocycles. The molecule has 1 saturated heterocycles. The third-order valence-corrected chi connectivity index (χ3v) is 3.59. The summed E-state index contributed by atoms with van der Waals surface area (Å²) in [5.41, 5.74) is -0.161. The van der Waals surface area contributed by atoms with Crippen molar-refractivity contribution >= 4 is 5.91 Å². The summed E-state index contributed by atoms with van der Waals surface area (Å²) >= 11 is 0. The van der Waals surface area contributed by atoms with Crippen LogP contribution in [0.15, 0.2) is 24.3 Å². The van der Waals surface area contributed by atoms with E-state index in [1.807, 2.05) is 0 Å². The van der Waals surface area contributed by atoms with Gasteiger partial charge in [-0.1, -0.05) is 12.1 Å². The highest BCUT2D eigenvalue weighted by molar-refractivity contribution is 5.97. The molecule has 0 unspecified atom stereocenters. The second-order valence-electron chi connectivity index (χ2n) is 5.32. The molecule has 128 valence electrons. The van der Waals surface area contributed by atoms with Crippen molar-refractivity contribution in [3.63, 3.8) is 0 Å². The molecule has 0 spiro atoms. The Kier molecular flexibility index (Phi) is 5.46. The van der Waals surface area contributed by atoms with E-state index in [2.05, 4.69) is 4.74 Å². The fraction of sp³-hybridized carbons (Fsp3) is 0.533. The zero-order valence-corrected chi connectivity index (χ0v) is 12.5. The minimum atomic E-state index is -4.65. The van der Waals surface area contributed by atoms with Crippen molar-refractivity contribution in [1.29, 1.82) is 0 Å². The summed E-state index contributed by atoms with van der Waals surface area (Å²) in [6.07, 6.45) is -7.90. The summed E-state index contributed by atoms with van der Waals surface area (Å²) in [4.78, 5) is 13.9. The molecule has 1 aliphatic rings. The van der Waals surface area contributed by atoms with Crippen LogP contribution in [-0.4, -0.2) is 50.1 Å².